The van der Waals surface area contributed by atoms with Crippen molar-refractivity contribution in [3.05, 3.63) is 59.6 Å². The Morgan fingerprint density at radius 2 is 1.68 bits per heavy atom. The summed E-state index contributed by atoms with van der Waals surface area (Å²) in [6.45, 7) is 0. The molecule has 3 aromatic rings. The Bertz CT molecular complexity index is 1050. The molecule has 0 aliphatic carbocycles. The third-order valence-corrected chi connectivity index (χ3v) is 5.49. The van der Waals surface area contributed by atoms with Gasteiger partial charge in [-0.3, -0.25) is 4.72 Å². The van der Waals surface area contributed by atoms with Crippen LogP contribution in [-0.2, 0) is 10.0 Å². The molecule has 0 atom stereocenters. The van der Waals surface area contributed by atoms with Gasteiger partial charge in [0.25, 0.3) is 10.0 Å². The minimum atomic E-state index is -3.91. The van der Waals surface area contributed by atoms with Crippen molar-refractivity contribution >= 4 is 43.8 Å². The minimum absolute atomic E-state index is 0.0354. The van der Waals surface area contributed by atoms with Crippen molar-refractivity contribution in [2.24, 2.45) is 0 Å². The molecule has 3 aromatic carbocycles. The molecule has 3 rings (SSSR count). The van der Waals surface area contributed by atoms with Gasteiger partial charge < -0.3 is 10.0 Å². The number of benzene rings is 3. The van der Waals surface area contributed by atoms with Crippen molar-refractivity contribution < 1.29 is 13.5 Å². The van der Waals surface area contributed by atoms with Gasteiger partial charge in [-0.25, -0.2) is 8.42 Å². The quantitative estimate of drug-likeness (QED) is 0.673. The fraction of sp³-hybridized carbons (Fsp3) is 0.111. The zero-order chi connectivity index (χ0) is 18.2. The van der Waals surface area contributed by atoms with Gasteiger partial charge in [-0.05, 0) is 30.3 Å². The lowest BCUT2D eigenvalue weighted by Crippen LogP contribution is -2.14. The number of halogens is 1. The number of sulfonamides is 1. The largest absolute Gasteiger partial charge is 0.506 e. The van der Waals surface area contributed by atoms with Crippen molar-refractivity contribution in [2.45, 2.75) is 4.90 Å². The van der Waals surface area contributed by atoms with Crippen LogP contribution in [0.15, 0.2) is 59.5 Å². The van der Waals surface area contributed by atoms with Crippen LogP contribution in [0, 0.1) is 0 Å². The number of anilines is 2. The van der Waals surface area contributed by atoms with E-state index < -0.39 is 10.0 Å². The van der Waals surface area contributed by atoms with Crippen LogP contribution in [-0.4, -0.2) is 27.6 Å². The summed E-state index contributed by atoms with van der Waals surface area (Å²) in [6.07, 6.45) is 0. The van der Waals surface area contributed by atoms with Crippen molar-refractivity contribution in [3.63, 3.8) is 0 Å². The number of phenolic OH excluding ortho intramolecular Hbond substituents is 1. The second-order valence-corrected chi connectivity index (χ2v) is 7.88. The van der Waals surface area contributed by atoms with Crippen molar-refractivity contribution in [1.82, 2.24) is 0 Å². The number of rotatable bonds is 4. The maximum Gasteiger partial charge on any atom is 0.262 e. The monoisotopic (exact) mass is 376 g/mol. The standard InChI is InChI=1S/C18H17ClN2O3S/c1-21(2)16-7-3-6-14-13(16)5-4-8-18(14)25(23,24)20-15-11-12(19)9-10-17(15)22/h3-11,20,22H,1-2H3. The molecule has 0 heterocycles. The summed E-state index contributed by atoms with van der Waals surface area (Å²) in [5.41, 5.74) is 0.952. The van der Waals surface area contributed by atoms with E-state index in [9.17, 15) is 13.5 Å². The number of nitrogens with one attached hydrogen (secondary N) is 1. The van der Waals surface area contributed by atoms with Gasteiger partial charge in [0, 0.05) is 35.6 Å². The second kappa shape index (κ2) is 6.46. The van der Waals surface area contributed by atoms with Crippen molar-refractivity contribution in [3.8, 4) is 5.75 Å². The summed E-state index contributed by atoms with van der Waals surface area (Å²) in [5, 5.41) is 11.6. The summed E-state index contributed by atoms with van der Waals surface area (Å²) in [5.74, 6) is -0.192. The zero-order valence-electron chi connectivity index (χ0n) is 13.7. The summed E-state index contributed by atoms with van der Waals surface area (Å²) in [4.78, 5) is 2.06. The molecule has 0 radical (unpaired) electrons. The maximum absolute atomic E-state index is 12.9. The first-order valence-corrected chi connectivity index (χ1v) is 9.36. The molecule has 0 bridgehead atoms. The molecule has 0 fully saturated rings. The van der Waals surface area contributed by atoms with Crippen LogP contribution in [0.4, 0.5) is 11.4 Å². The molecule has 5 nitrogen and oxygen atoms in total. The Labute approximate surface area is 151 Å². The van der Waals surface area contributed by atoms with Crippen LogP contribution in [0.25, 0.3) is 10.8 Å². The van der Waals surface area contributed by atoms with Gasteiger partial charge in [0.15, 0.2) is 0 Å². The predicted molar refractivity (Wildman–Crippen MR) is 102 cm³/mol. The Morgan fingerprint density at radius 3 is 2.40 bits per heavy atom. The van der Waals surface area contributed by atoms with Gasteiger partial charge in [0.05, 0.1) is 10.6 Å². The fourth-order valence-corrected chi connectivity index (χ4v) is 4.14. The predicted octanol–water partition coefficient (Wildman–Crippen LogP) is 4.07. The highest BCUT2D eigenvalue weighted by molar-refractivity contribution is 7.93. The third-order valence-electron chi connectivity index (χ3n) is 3.83. The maximum atomic E-state index is 12.9. The molecule has 0 saturated heterocycles. The highest BCUT2D eigenvalue weighted by Crippen LogP contribution is 2.33. The van der Waals surface area contributed by atoms with Crippen LogP contribution in [0.2, 0.25) is 5.02 Å². The molecule has 0 amide bonds. The average molecular weight is 377 g/mol. The SMILES string of the molecule is CN(C)c1cccc2c(S(=O)(=O)Nc3cc(Cl)ccc3O)cccc12. The highest BCUT2D eigenvalue weighted by Gasteiger charge is 2.20. The molecular weight excluding hydrogens is 360 g/mol. The topological polar surface area (TPSA) is 69.6 Å². The molecular formula is C18H17ClN2O3S. The number of hydrogen-bond donors (Lipinski definition) is 2. The van der Waals surface area contributed by atoms with E-state index in [-0.39, 0.29) is 16.3 Å². The van der Waals surface area contributed by atoms with Crippen LogP contribution in [0.5, 0.6) is 5.75 Å². The van der Waals surface area contributed by atoms with Gasteiger partial charge in [-0.1, -0.05) is 35.9 Å². The second-order valence-electron chi connectivity index (χ2n) is 5.79. The van der Waals surface area contributed by atoms with Crippen molar-refractivity contribution in [1.29, 1.82) is 0 Å². The molecule has 7 heteroatoms. The molecule has 25 heavy (non-hydrogen) atoms. The number of hydrogen-bond acceptors (Lipinski definition) is 4. The molecule has 0 aromatic heterocycles. The van der Waals surface area contributed by atoms with E-state index in [1.54, 1.807) is 12.1 Å². The minimum Gasteiger partial charge on any atom is -0.506 e. The summed E-state index contributed by atoms with van der Waals surface area (Å²) in [6, 6.07) is 14.8. The number of fused-ring (bicyclic) bond motifs is 1. The van der Waals surface area contributed by atoms with Crippen molar-refractivity contribution in [2.75, 3.05) is 23.7 Å². The van der Waals surface area contributed by atoms with Gasteiger partial charge in [0.2, 0.25) is 0 Å². The molecule has 0 aliphatic rings. The Kier molecular flexibility index (Phi) is 4.49. The van der Waals surface area contributed by atoms with Gasteiger partial charge in [0.1, 0.15) is 5.75 Å². The van der Waals surface area contributed by atoms with Crippen LogP contribution in [0.1, 0.15) is 0 Å². The Hall–Kier alpha value is -2.44. The summed E-state index contributed by atoms with van der Waals surface area (Å²) in [7, 11) is -0.107. The summed E-state index contributed by atoms with van der Waals surface area (Å²) >= 11 is 5.89. The van der Waals surface area contributed by atoms with E-state index in [0.29, 0.717) is 10.4 Å². The molecule has 0 aliphatic heterocycles. The lowest BCUT2D eigenvalue weighted by molar-refractivity contribution is 0.477. The number of aromatic hydroxyl groups is 1. The Morgan fingerprint density at radius 1 is 1.00 bits per heavy atom. The molecule has 0 saturated carbocycles. The first-order valence-electron chi connectivity index (χ1n) is 7.50. The van der Waals surface area contributed by atoms with E-state index in [4.69, 9.17) is 11.6 Å². The van der Waals surface area contributed by atoms with Gasteiger partial charge >= 0.3 is 0 Å². The first-order chi connectivity index (χ1) is 11.8. The summed E-state index contributed by atoms with van der Waals surface area (Å²) < 4.78 is 28.2. The van der Waals surface area contributed by atoms with Gasteiger partial charge in [-0.2, -0.15) is 0 Å². The Balaban J connectivity index is 2.15. The highest BCUT2D eigenvalue weighted by atomic mass is 35.5. The lowest BCUT2D eigenvalue weighted by atomic mass is 10.1. The van der Waals surface area contributed by atoms with E-state index in [1.165, 1.54) is 24.3 Å². The normalized spacial score (nSPS) is 11.5. The number of phenols is 1. The fourth-order valence-electron chi connectivity index (χ4n) is 2.68. The van der Waals surface area contributed by atoms with E-state index in [0.717, 1.165) is 11.1 Å². The first kappa shape index (κ1) is 17.4. The molecule has 130 valence electrons. The van der Waals surface area contributed by atoms with Gasteiger partial charge in [-0.15, -0.1) is 0 Å². The van der Waals surface area contributed by atoms with Crippen LogP contribution < -0.4 is 9.62 Å². The number of nitrogens with zero attached hydrogens (tertiary/aromatic N) is 1. The molecule has 2 N–H and O–H groups in total. The van der Waals surface area contributed by atoms with E-state index in [1.807, 2.05) is 37.2 Å². The van der Waals surface area contributed by atoms with Crippen LogP contribution in [0.3, 0.4) is 0 Å². The van der Waals surface area contributed by atoms with E-state index in [2.05, 4.69) is 4.72 Å². The van der Waals surface area contributed by atoms with E-state index >= 15 is 0 Å². The molecule has 0 unspecified atom stereocenters. The van der Waals surface area contributed by atoms with Crippen LogP contribution >= 0.6 is 11.6 Å². The third kappa shape index (κ3) is 3.36. The molecule has 0 spiro atoms. The zero-order valence-corrected chi connectivity index (χ0v) is 15.3. The average Bonchev–Trinajstić information content (AvgIpc) is 2.56. The smallest absolute Gasteiger partial charge is 0.262 e. The lowest BCUT2D eigenvalue weighted by Gasteiger charge is -2.17.